The monoisotopic (exact) mass is 213 g/mol. The van der Waals surface area contributed by atoms with Crippen molar-refractivity contribution in [3.05, 3.63) is 0 Å². The van der Waals surface area contributed by atoms with Crippen molar-refractivity contribution in [1.29, 1.82) is 0 Å². The summed E-state index contributed by atoms with van der Waals surface area (Å²) in [5.74, 6) is 1.40. The Bertz CT molecular complexity index is 126. The molecule has 0 aromatic rings. The van der Waals surface area contributed by atoms with Crippen LogP contribution in [0.3, 0.4) is 0 Å². The molecule has 2 heteroatoms. The van der Waals surface area contributed by atoms with Crippen LogP contribution in [0.4, 0.5) is 0 Å². The summed E-state index contributed by atoms with van der Waals surface area (Å²) < 4.78 is 0. The van der Waals surface area contributed by atoms with Gasteiger partial charge in [0.15, 0.2) is 0 Å². The molecule has 0 radical (unpaired) electrons. The Kier molecular flexibility index (Phi) is 4.65. The van der Waals surface area contributed by atoms with E-state index in [0.29, 0.717) is 0 Å². The zero-order valence-electron chi connectivity index (χ0n) is 9.21. The molecule has 1 unspecified atom stereocenters. The first-order valence-electron chi connectivity index (χ1n) is 6.32. The molecule has 2 rings (SSSR count). The van der Waals surface area contributed by atoms with Crippen molar-refractivity contribution < 1.29 is 0 Å². The first-order chi connectivity index (χ1) is 6.97. The average molecular weight is 213 g/mol. The Morgan fingerprint density at radius 2 is 1.50 bits per heavy atom. The van der Waals surface area contributed by atoms with Crippen molar-refractivity contribution in [2.24, 2.45) is 0 Å². The highest BCUT2D eigenvalue weighted by molar-refractivity contribution is 7.99. The molecule has 0 bridgehead atoms. The largest absolute Gasteiger partial charge is 0.291 e. The lowest BCUT2D eigenvalue weighted by atomic mass is 10.2. The van der Waals surface area contributed by atoms with Crippen molar-refractivity contribution >= 4 is 11.8 Å². The first kappa shape index (κ1) is 10.8. The van der Waals surface area contributed by atoms with Crippen LogP contribution < -0.4 is 0 Å². The van der Waals surface area contributed by atoms with Gasteiger partial charge in [0.25, 0.3) is 0 Å². The molecule has 0 amide bonds. The Morgan fingerprint density at radius 1 is 0.786 bits per heavy atom. The molecule has 0 N–H and O–H groups in total. The summed E-state index contributed by atoms with van der Waals surface area (Å²) in [6.45, 7) is 2.75. The van der Waals surface area contributed by atoms with Crippen LogP contribution in [0.1, 0.15) is 51.4 Å². The average Bonchev–Trinajstić information content (AvgIpc) is 2.62. The molecule has 0 saturated carbocycles. The lowest BCUT2D eigenvalue weighted by molar-refractivity contribution is 0.256. The topological polar surface area (TPSA) is 3.24 Å². The minimum absolute atomic E-state index is 0.871. The van der Waals surface area contributed by atoms with Gasteiger partial charge in [-0.25, -0.2) is 0 Å². The number of hydrogen-bond donors (Lipinski definition) is 0. The van der Waals surface area contributed by atoms with Crippen LogP contribution in [-0.2, 0) is 0 Å². The number of hydrogen-bond acceptors (Lipinski definition) is 2. The predicted octanol–water partition coefficient (Wildman–Crippen LogP) is 3.50. The number of likely N-dealkylation sites (tertiary alicyclic amines) is 1. The van der Waals surface area contributed by atoms with Gasteiger partial charge < -0.3 is 0 Å². The van der Waals surface area contributed by atoms with Crippen LogP contribution >= 0.6 is 11.8 Å². The number of rotatable bonds is 1. The molecular weight excluding hydrogens is 190 g/mol. The van der Waals surface area contributed by atoms with E-state index in [9.17, 15) is 0 Å². The predicted molar refractivity (Wildman–Crippen MR) is 64.8 cm³/mol. The van der Waals surface area contributed by atoms with Gasteiger partial charge in [0.05, 0.1) is 5.37 Å². The summed E-state index contributed by atoms with van der Waals surface area (Å²) in [7, 11) is 0. The smallest absolute Gasteiger partial charge is 0.0557 e. The molecular formula is C12H23NS. The second kappa shape index (κ2) is 6.02. The van der Waals surface area contributed by atoms with E-state index in [2.05, 4.69) is 16.7 Å². The van der Waals surface area contributed by atoms with E-state index >= 15 is 0 Å². The molecule has 14 heavy (non-hydrogen) atoms. The van der Waals surface area contributed by atoms with Crippen molar-refractivity contribution in [2.75, 3.05) is 18.8 Å². The van der Waals surface area contributed by atoms with Crippen LogP contribution in [-0.4, -0.2) is 29.1 Å². The van der Waals surface area contributed by atoms with Crippen molar-refractivity contribution in [1.82, 2.24) is 4.90 Å². The molecule has 0 spiro atoms. The third kappa shape index (κ3) is 3.16. The number of thioether (sulfide) groups is 1. The molecule has 82 valence electrons. The maximum atomic E-state index is 2.77. The molecule has 2 aliphatic rings. The Labute approximate surface area is 92.6 Å². The third-order valence-electron chi connectivity index (χ3n) is 3.45. The highest BCUT2D eigenvalue weighted by atomic mass is 32.2. The lowest BCUT2D eigenvalue weighted by Crippen LogP contribution is -2.33. The molecule has 1 atom stereocenters. The quantitative estimate of drug-likeness (QED) is 0.656. The highest BCUT2D eigenvalue weighted by Crippen LogP contribution is 2.28. The Balaban J connectivity index is 1.83. The van der Waals surface area contributed by atoms with Gasteiger partial charge in [-0.3, -0.25) is 4.90 Å². The van der Waals surface area contributed by atoms with Crippen molar-refractivity contribution in [2.45, 2.75) is 56.7 Å². The fourth-order valence-electron chi connectivity index (χ4n) is 2.57. The van der Waals surface area contributed by atoms with E-state index in [1.54, 1.807) is 0 Å². The fraction of sp³-hybridized carbons (Fsp3) is 1.00. The maximum absolute atomic E-state index is 2.77. The van der Waals surface area contributed by atoms with E-state index in [4.69, 9.17) is 0 Å². The van der Waals surface area contributed by atoms with Gasteiger partial charge in [-0.15, -0.1) is 11.8 Å². The zero-order chi connectivity index (χ0) is 9.64. The number of nitrogens with zero attached hydrogens (tertiary/aromatic N) is 1. The van der Waals surface area contributed by atoms with Crippen LogP contribution in [0.25, 0.3) is 0 Å². The maximum Gasteiger partial charge on any atom is 0.0557 e. The van der Waals surface area contributed by atoms with Gasteiger partial charge in [0.2, 0.25) is 0 Å². The van der Waals surface area contributed by atoms with Gasteiger partial charge in [0.1, 0.15) is 0 Å². The van der Waals surface area contributed by atoms with Crippen molar-refractivity contribution in [3.63, 3.8) is 0 Å². The van der Waals surface area contributed by atoms with Gasteiger partial charge in [0, 0.05) is 0 Å². The van der Waals surface area contributed by atoms with E-state index in [1.807, 2.05) is 0 Å². The Morgan fingerprint density at radius 3 is 2.29 bits per heavy atom. The first-order valence-corrected chi connectivity index (χ1v) is 7.37. The van der Waals surface area contributed by atoms with Gasteiger partial charge in [-0.2, -0.15) is 0 Å². The molecule has 0 aromatic carbocycles. The summed E-state index contributed by atoms with van der Waals surface area (Å²) in [6, 6.07) is 0. The van der Waals surface area contributed by atoms with Gasteiger partial charge in [-0.05, 0) is 44.5 Å². The fourth-order valence-corrected chi connectivity index (χ4v) is 3.97. The van der Waals surface area contributed by atoms with E-state index < -0.39 is 0 Å². The molecule has 2 fully saturated rings. The van der Waals surface area contributed by atoms with Crippen LogP contribution in [0, 0.1) is 0 Å². The van der Waals surface area contributed by atoms with Crippen molar-refractivity contribution in [3.8, 4) is 0 Å². The molecule has 0 aromatic heterocycles. The van der Waals surface area contributed by atoms with Gasteiger partial charge >= 0.3 is 0 Å². The minimum Gasteiger partial charge on any atom is -0.291 e. The summed E-state index contributed by atoms with van der Waals surface area (Å²) in [6.07, 6.45) is 11.7. The standard InChI is InChI=1S/C12H23NS/c1-2-6-10-13(9-5-1)12-8-4-3-7-11-14-12/h12H,1-11H2. The molecule has 0 aliphatic carbocycles. The zero-order valence-corrected chi connectivity index (χ0v) is 10.0. The molecule has 2 heterocycles. The summed E-state index contributed by atoms with van der Waals surface area (Å²) in [5.41, 5.74) is 0. The SMILES string of the molecule is C1CCSC(N2CCCCCC2)CC1. The lowest BCUT2D eigenvalue weighted by Gasteiger charge is -2.29. The van der Waals surface area contributed by atoms with E-state index in [-0.39, 0.29) is 0 Å². The third-order valence-corrected chi connectivity index (χ3v) is 4.90. The second-order valence-corrected chi connectivity index (χ2v) is 5.91. The summed E-state index contributed by atoms with van der Waals surface area (Å²) in [5, 5.41) is 0.871. The molecule has 2 aliphatic heterocycles. The van der Waals surface area contributed by atoms with Crippen LogP contribution in [0.2, 0.25) is 0 Å². The molecule has 1 nitrogen and oxygen atoms in total. The van der Waals surface area contributed by atoms with E-state index in [0.717, 1.165) is 5.37 Å². The second-order valence-electron chi connectivity index (χ2n) is 4.62. The highest BCUT2D eigenvalue weighted by Gasteiger charge is 2.20. The summed E-state index contributed by atoms with van der Waals surface area (Å²) >= 11 is 2.23. The Hall–Kier alpha value is 0.310. The van der Waals surface area contributed by atoms with Crippen LogP contribution in [0.5, 0.6) is 0 Å². The normalized spacial score (nSPS) is 32.1. The van der Waals surface area contributed by atoms with E-state index in [1.165, 1.54) is 70.2 Å². The van der Waals surface area contributed by atoms with Gasteiger partial charge in [-0.1, -0.05) is 25.7 Å². The summed E-state index contributed by atoms with van der Waals surface area (Å²) in [4.78, 5) is 2.77. The van der Waals surface area contributed by atoms with Crippen LogP contribution in [0.15, 0.2) is 0 Å². The molecule has 2 saturated heterocycles. The minimum atomic E-state index is 0.871.